The van der Waals surface area contributed by atoms with E-state index < -0.39 is 17.4 Å². The predicted octanol–water partition coefficient (Wildman–Crippen LogP) is 5.05. The fraction of sp³-hybridized carbons (Fsp3) is 0.458. The maximum Gasteiger partial charge on any atom is 0.351 e. The van der Waals surface area contributed by atoms with Crippen LogP contribution in [0.1, 0.15) is 75.4 Å². The maximum absolute atomic E-state index is 12.6. The molecule has 1 aromatic heterocycles. The molecule has 0 aromatic carbocycles. The molecular formula is C24H32O6. The third-order valence-electron chi connectivity index (χ3n) is 4.61. The Labute approximate surface area is 177 Å². The number of ether oxygens (including phenoxy) is 1. The maximum atomic E-state index is 12.6. The molecule has 1 rings (SSSR count). The van der Waals surface area contributed by atoms with Crippen molar-refractivity contribution in [2.45, 2.75) is 65.7 Å². The quantitative estimate of drug-likeness (QED) is 0.168. The average molecular weight is 417 g/mol. The number of rotatable bonds is 12. The first-order chi connectivity index (χ1) is 14.3. The van der Waals surface area contributed by atoms with Crippen molar-refractivity contribution < 1.29 is 23.8 Å². The smallest absolute Gasteiger partial charge is 0.351 e. The van der Waals surface area contributed by atoms with Crippen molar-refractivity contribution in [3.63, 3.8) is 0 Å². The first-order valence-corrected chi connectivity index (χ1v) is 10.3. The lowest BCUT2D eigenvalue weighted by atomic mass is 10.0. The van der Waals surface area contributed by atoms with Crippen LogP contribution in [0.3, 0.4) is 0 Å². The molecule has 0 atom stereocenters. The Kier molecular flexibility index (Phi) is 11.2. The van der Waals surface area contributed by atoms with Gasteiger partial charge in [0.15, 0.2) is 5.78 Å². The fourth-order valence-electron chi connectivity index (χ4n) is 2.78. The second-order valence-corrected chi connectivity index (χ2v) is 7.23. The molecular weight excluding hydrogens is 384 g/mol. The van der Waals surface area contributed by atoms with Gasteiger partial charge in [-0.25, -0.2) is 9.59 Å². The number of ketones is 1. The molecule has 30 heavy (non-hydrogen) atoms. The normalized spacial score (nSPS) is 12.4. The first-order valence-electron chi connectivity index (χ1n) is 10.3. The summed E-state index contributed by atoms with van der Waals surface area (Å²) < 4.78 is 9.70. The van der Waals surface area contributed by atoms with Gasteiger partial charge in [0.25, 0.3) is 0 Å². The largest absolute Gasteiger partial charge is 0.507 e. The summed E-state index contributed by atoms with van der Waals surface area (Å²) in [5, 5.41) is 10.2. The second kappa shape index (κ2) is 13.4. The zero-order valence-corrected chi connectivity index (χ0v) is 18.3. The van der Waals surface area contributed by atoms with E-state index in [0.717, 1.165) is 31.3 Å². The number of unbranched alkanes of at least 4 members (excludes halogenated alkanes) is 3. The number of carbonyl (C=O) groups is 2. The summed E-state index contributed by atoms with van der Waals surface area (Å²) in [7, 11) is 1.30. The molecule has 0 saturated heterocycles. The molecule has 0 unspecified atom stereocenters. The number of aromatic hydroxyl groups is 1. The number of carbonyl (C=O) groups excluding carboxylic acids is 2. The van der Waals surface area contributed by atoms with Crippen LogP contribution in [-0.2, 0) is 16.0 Å². The summed E-state index contributed by atoms with van der Waals surface area (Å²) in [6.45, 7) is 5.76. The number of allylic oxidation sites excluding steroid dienone is 5. The summed E-state index contributed by atoms with van der Waals surface area (Å²) in [5.74, 6) is -1.08. The fourth-order valence-corrected chi connectivity index (χ4v) is 2.78. The number of hydrogen-bond donors (Lipinski definition) is 1. The minimum Gasteiger partial charge on any atom is -0.507 e. The van der Waals surface area contributed by atoms with Crippen LogP contribution in [0.4, 0.5) is 0 Å². The number of methoxy groups -OCH3 is 1. The van der Waals surface area contributed by atoms with Gasteiger partial charge in [-0.1, -0.05) is 43.6 Å². The molecule has 0 aliphatic rings. The molecule has 0 aliphatic heterocycles. The molecule has 6 nitrogen and oxygen atoms in total. The van der Waals surface area contributed by atoms with Gasteiger partial charge in [0.05, 0.1) is 7.11 Å². The Hall–Kier alpha value is -2.89. The summed E-state index contributed by atoms with van der Waals surface area (Å²) in [4.78, 5) is 35.9. The van der Waals surface area contributed by atoms with Crippen molar-refractivity contribution in [1.82, 2.24) is 0 Å². The van der Waals surface area contributed by atoms with Gasteiger partial charge in [0, 0.05) is 18.6 Å². The molecule has 0 spiro atoms. The molecule has 0 aliphatic carbocycles. The SMILES string of the molecule is CCCCCC(C)=CC=C(C)C(=O)c1c(O)cc(CCCC=CC(=O)OC)oc1=O. The van der Waals surface area contributed by atoms with Gasteiger partial charge in [-0.2, -0.15) is 0 Å². The van der Waals surface area contributed by atoms with Gasteiger partial charge in [0.2, 0.25) is 0 Å². The van der Waals surface area contributed by atoms with Crippen LogP contribution in [0.25, 0.3) is 0 Å². The Bertz CT molecular complexity index is 870. The van der Waals surface area contributed by atoms with E-state index in [-0.39, 0.29) is 17.1 Å². The van der Waals surface area contributed by atoms with Crippen molar-refractivity contribution >= 4 is 11.8 Å². The second-order valence-electron chi connectivity index (χ2n) is 7.23. The monoisotopic (exact) mass is 416 g/mol. The van der Waals surface area contributed by atoms with Crippen molar-refractivity contribution in [3.8, 4) is 5.75 Å². The van der Waals surface area contributed by atoms with E-state index in [0.29, 0.717) is 24.8 Å². The molecule has 1 N–H and O–H groups in total. The van der Waals surface area contributed by atoms with E-state index in [4.69, 9.17) is 4.42 Å². The zero-order valence-electron chi connectivity index (χ0n) is 18.3. The van der Waals surface area contributed by atoms with Crippen molar-refractivity contribution in [3.05, 3.63) is 63.3 Å². The molecule has 0 saturated carbocycles. The molecule has 0 bridgehead atoms. The Balaban J connectivity index is 2.80. The highest BCUT2D eigenvalue weighted by atomic mass is 16.5. The predicted molar refractivity (Wildman–Crippen MR) is 117 cm³/mol. The van der Waals surface area contributed by atoms with Gasteiger partial charge < -0.3 is 14.3 Å². The van der Waals surface area contributed by atoms with Crippen molar-refractivity contribution in [1.29, 1.82) is 0 Å². The zero-order chi connectivity index (χ0) is 22.5. The van der Waals surface area contributed by atoms with Gasteiger partial charge in [-0.15, -0.1) is 0 Å². The number of esters is 1. The lowest BCUT2D eigenvalue weighted by Gasteiger charge is -2.05. The summed E-state index contributed by atoms with van der Waals surface area (Å²) >= 11 is 0. The van der Waals surface area contributed by atoms with Crippen LogP contribution in [0, 0.1) is 0 Å². The van der Waals surface area contributed by atoms with E-state index in [2.05, 4.69) is 11.7 Å². The van der Waals surface area contributed by atoms with Crippen molar-refractivity contribution in [2.24, 2.45) is 0 Å². The van der Waals surface area contributed by atoms with Crippen molar-refractivity contribution in [2.75, 3.05) is 7.11 Å². The summed E-state index contributed by atoms with van der Waals surface area (Å²) in [5.41, 5.74) is 0.309. The number of hydrogen-bond acceptors (Lipinski definition) is 6. The Morgan fingerprint density at radius 2 is 1.90 bits per heavy atom. The summed E-state index contributed by atoms with van der Waals surface area (Å²) in [6.07, 6.45) is 12.5. The molecule has 0 amide bonds. The Morgan fingerprint density at radius 3 is 2.53 bits per heavy atom. The highest BCUT2D eigenvalue weighted by Crippen LogP contribution is 2.20. The van der Waals surface area contributed by atoms with Crippen LogP contribution >= 0.6 is 0 Å². The standard InChI is InChI=1S/C24H32O6/c1-5-6-8-11-17(2)14-15-18(3)23(27)22-20(25)16-19(30-24(22)28)12-9-7-10-13-21(26)29-4/h10,13-16,25H,5-9,11-12H2,1-4H3. The molecule has 0 fully saturated rings. The van der Waals surface area contributed by atoms with Gasteiger partial charge >= 0.3 is 11.6 Å². The highest BCUT2D eigenvalue weighted by Gasteiger charge is 2.20. The number of Topliss-reactive ketones (excluding diaryl/α,β-unsaturated/α-hetero) is 1. The first kappa shape index (κ1) is 25.1. The topological polar surface area (TPSA) is 93.8 Å². The van der Waals surface area contributed by atoms with E-state index in [1.165, 1.54) is 19.3 Å². The van der Waals surface area contributed by atoms with Crippen LogP contribution in [0.5, 0.6) is 5.75 Å². The molecule has 1 heterocycles. The molecule has 1 aromatic rings. The van der Waals surface area contributed by atoms with E-state index in [1.54, 1.807) is 19.1 Å². The van der Waals surface area contributed by atoms with Crippen LogP contribution in [0.2, 0.25) is 0 Å². The Morgan fingerprint density at radius 1 is 1.17 bits per heavy atom. The lowest BCUT2D eigenvalue weighted by Crippen LogP contribution is -2.16. The van der Waals surface area contributed by atoms with Gasteiger partial charge in [-0.05, 0) is 45.1 Å². The van der Waals surface area contributed by atoms with Crippen LogP contribution in [0.15, 0.2) is 50.7 Å². The number of aryl methyl sites for hydroxylation is 1. The minimum absolute atomic E-state index is 0.286. The molecule has 164 valence electrons. The van der Waals surface area contributed by atoms with Gasteiger partial charge in [-0.3, -0.25) is 4.79 Å². The average Bonchev–Trinajstić information content (AvgIpc) is 2.71. The summed E-state index contributed by atoms with van der Waals surface area (Å²) in [6, 6.07) is 1.30. The molecule has 6 heteroatoms. The highest BCUT2D eigenvalue weighted by molar-refractivity contribution is 6.09. The van der Waals surface area contributed by atoms with E-state index >= 15 is 0 Å². The minimum atomic E-state index is -0.850. The van der Waals surface area contributed by atoms with Gasteiger partial charge in [0.1, 0.15) is 17.1 Å². The van der Waals surface area contributed by atoms with E-state index in [9.17, 15) is 19.5 Å². The third-order valence-corrected chi connectivity index (χ3v) is 4.61. The third kappa shape index (κ3) is 8.64. The molecule has 0 radical (unpaired) electrons. The lowest BCUT2D eigenvalue weighted by molar-refractivity contribution is -0.134. The van der Waals surface area contributed by atoms with Crippen LogP contribution < -0.4 is 5.63 Å². The van der Waals surface area contributed by atoms with E-state index in [1.807, 2.05) is 13.0 Å². The van der Waals surface area contributed by atoms with Crippen LogP contribution in [-0.4, -0.2) is 24.0 Å².